The summed E-state index contributed by atoms with van der Waals surface area (Å²) < 4.78 is 0. The number of piperidine rings is 3. The number of rotatable bonds is 3. The molecule has 3 aliphatic heterocycles. The average Bonchev–Trinajstić information content (AvgIpc) is 2.61. The lowest BCUT2D eigenvalue weighted by molar-refractivity contribution is -0.138. The maximum Gasteiger partial charge on any atom is 0.243 e. The molecule has 0 aliphatic carbocycles. The molecule has 0 aromatic heterocycles. The molecule has 3 atom stereocenters. The molecule has 0 radical (unpaired) electrons. The molecule has 5 heteroatoms. The van der Waals surface area contributed by atoms with Crippen molar-refractivity contribution in [2.45, 2.75) is 57.5 Å². The van der Waals surface area contributed by atoms with Gasteiger partial charge in [-0.25, -0.2) is 0 Å². The summed E-state index contributed by atoms with van der Waals surface area (Å²) in [5, 5.41) is 2.50. The van der Waals surface area contributed by atoms with Crippen LogP contribution in [0.4, 0.5) is 0 Å². The number of hydrogen-bond donors (Lipinski definition) is 1. The van der Waals surface area contributed by atoms with Gasteiger partial charge in [0.2, 0.25) is 11.8 Å². The predicted molar refractivity (Wildman–Crippen MR) is 93.1 cm³/mol. The SMILES string of the molecule is C#CC(C)N1CCC(C2CCCN(C3CCC(=O)NC3=O)C2)CC1. The summed E-state index contributed by atoms with van der Waals surface area (Å²) >= 11 is 0. The molecule has 3 aliphatic rings. The van der Waals surface area contributed by atoms with E-state index in [1.807, 2.05) is 0 Å². The monoisotopic (exact) mass is 331 g/mol. The zero-order valence-electron chi connectivity index (χ0n) is 14.7. The number of imide groups is 1. The fraction of sp³-hybridized carbons (Fsp3) is 0.789. The topological polar surface area (TPSA) is 52.6 Å². The van der Waals surface area contributed by atoms with E-state index in [4.69, 9.17) is 6.42 Å². The van der Waals surface area contributed by atoms with E-state index >= 15 is 0 Å². The molecule has 5 nitrogen and oxygen atoms in total. The van der Waals surface area contributed by atoms with E-state index in [1.54, 1.807) is 0 Å². The Balaban J connectivity index is 1.54. The van der Waals surface area contributed by atoms with Crippen LogP contribution >= 0.6 is 0 Å². The molecule has 3 fully saturated rings. The van der Waals surface area contributed by atoms with E-state index in [1.165, 1.54) is 19.3 Å². The summed E-state index contributed by atoms with van der Waals surface area (Å²) in [5.41, 5.74) is 0. The molecular formula is C19H29N3O2. The van der Waals surface area contributed by atoms with Crippen molar-refractivity contribution in [3.05, 3.63) is 0 Å². The van der Waals surface area contributed by atoms with Gasteiger partial charge in [0.05, 0.1) is 12.1 Å². The van der Waals surface area contributed by atoms with Gasteiger partial charge < -0.3 is 0 Å². The third-order valence-corrected chi connectivity index (χ3v) is 6.17. The van der Waals surface area contributed by atoms with Crippen LogP contribution in [0.2, 0.25) is 0 Å². The Labute approximate surface area is 145 Å². The van der Waals surface area contributed by atoms with Crippen LogP contribution < -0.4 is 5.32 Å². The van der Waals surface area contributed by atoms with E-state index < -0.39 is 0 Å². The molecule has 0 aromatic rings. The van der Waals surface area contributed by atoms with Gasteiger partial charge in [-0.1, -0.05) is 5.92 Å². The summed E-state index contributed by atoms with van der Waals surface area (Å²) in [4.78, 5) is 28.2. The van der Waals surface area contributed by atoms with Crippen molar-refractivity contribution < 1.29 is 9.59 Å². The minimum Gasteiger partial charge on any atom is -0.295 e. The number of terminal acetylenes is 1. The van der Waals surface area contributed by atoms with E-state index in [9.17, 15) is 9.59 Å². The predicted octanol–water partition coefficient (Wildman–Crippen LogP) is 1.24. The second-order valence-corrected chi connectivity index (χ2v) is 7.58. The highest BCUT2D eigenvalue weighted by molar-refractivity contribution is 6.00. The van der Waals surface area contributed by atoms with Crippen LogP contribution in [0, 0.1) is 24.2 Å². The number of likely N-dealkylation sites (tertiary alicyclic amines) is 2. The molecule has 0 spiro atoms. The molecule has 3 saturated heterocycles. The van der Waals surface area contributed by atoms with E-state index in [0.29, 0.717) is 18.8 Å². The summed E-state index contributed by atoms with van der Waals surface area (Å²) in [6.07, 6.45) is 11.5. The van der Waals surface area contributed by atoms with E-state index in [2.05, 4.69) is 28.0 Å². The first-order valence-electron chi connectivity index (χ1n) is 9.36. The van der Waals surface area contributed by atoms with Gasteiger partial charge in [0.1, 0.15) is 0 Å². The van der Waals surface area contributed by atoms with Gasteiger partial charge in [0.15, 0.2) is 0 Å². The van der Waals surface area contributed by atoms with Crippen LogP contribution in [-0.4, -0.2) is 59.9 Å². The van der Waals surface area contributed by atoms with Crippen molar-refractivity contribution in [3.63, 3.8) is 0 Å². The highest BCUT2D eigenvalue weighted by Gasteiger charge is 2.37. The van der Waals surface area contributed by atoms with E-state index in [0.717, 1.165) is 38.5 Å². The molecule has 3 unspecified atom stereocenters. The summed E-state index contributed by atoms with van der Waals surface area (Å²) in [7, 11) is 0. The highest BCUT2D eigenvalue weighted by Crippen LogP contribution is 2.33. The number of hydrogen-bond acceptors (Lipinski definition) is 4. The second-order valence-electron chi connectivity index (χ2n) is 7.58. The second kappa shape index (κ2) is 7.67. The summed E-state index contributed by atoms with van der Waals surface area (Å²) in [5.74, 6) is 4.03. The Morgan fingerprint density at radius 2 is 1.88 bits per heavy atom. The number of carbonyl (C=O) groups is 2. The Bertz CT molecular complexity index is 519. The van der Waals surface area contributed by atoms with Crippen LogP contribution in [0.1, 0.15) is 45.4 Å². The smallest absolute Gasteiger partial charge is 0.243 e. The number of amides is 2. The zero-order valence-corrected chi connectivity index (χ0v) is 14.7. The van der Waals surface area contributed by atoms with Gasteiger partial charge in [-0.2, -0.15) is 0 Å². The Kier molecular flexibility index (Phi) is 5.57. The maximum absolute atomic E-state index is 12.1. The Morgan fingerprint density at radius 3 is 2.54 bits per heavy atom. The van der Waals surface area contributed by atoms with Crippen LogP contribution in [0.25, 0.3) is 0 Å². The molecule has 1 N–H and O–H groups in total. The number of nitrogens with one attached hydrogen (secondary N) is 1. The number of carbonyl (C=O) groups excluding carboxylic acids is 2. The standard InChI is InChI=1S/C19H29N3O2/c1-3-14(2)21-11-8-15(9-12-21)16-5-4-10-22(13-16)17-6-7-18(23)20-19(17)24/h1,14-17H,4-13H2,2H3,(H,20,23,24). The molecule has 3 heterocycles. The van der Waals surface area contributed by atoms with Crippen LogP contribution in [0.15, 0.2) is 0 Å². The minimum atomic E-state index is -0.125. The quantitative estimate of drug-likeness (QED) is 0.624. The fourth-order valence-corrected chi connectivity index (χ4v) is 4.62. The molecule has 0 bridgehead atoms. The third kappa shape index (κ3) is 3.81. The molecular weight excluding hydrogens is 302 g/mol. The van der Waals surface area contributed by atoms with Gasteiger partial charge in [0, 0.05) is 13.0 Å². The molecule has 3 rings (SSSR count). The lowest BCUT2D eigenvalue weighted by Crippen LogP contribution is -2.55. The lowest BCUT2D eigenvalue weighted by Gasteiger charge is -2.44. The molecule has 132 valence electrons. The Hall–Kier alpha value is -1.38. The maximum atomic E-state index is 12.1. The minimum absolute atomic E-state index is 0.0930. The van der Waals surface area contributed by atoms with Gasteiger partial charge in [-0.05, 0) is 70.5 Å². The van der Waals surface area contributed by atoms with Crippen molar-refractivity contribution in [1.29, 1.82) is 0 Å². The molecule has 24 heavy (non-hydrogen) atoms. The zero-order chi connectivity index (χ0) is 17.1. The van der Waals surface area contributed by atoms with Crippen molar-refractivity contribution >= 4 is 11.8 Å². The Morgan fingerprint density at radius 1 is 1.12 bits per heavy atom. The summed E-state index contributed by atoms with van der Waals surface area (Å²) in [6.45, 7) is 6.26. The lowest BCUT2D eigenvalue weighted by atomic mass is 9.79. The number of nitrogens with zero attached hydrogens (tertiary/aromatic N) is 2. The van der Waals surface area contributed by atoms with Gasteiger partial charge in [0.25, 0.3) is 0 Å². The van der Waals surface area contributed by atoms with Crippen molar-refractivity contribution in [2.75, 3.05) is 26.2 Å². The highest BCUT2D eigenvalue weighted by atomic mass is 16.2. The fourth-order valence-electron chi connectivity index (χ4n) is 4.62. The summed E-state index contributed by atoms with van der Waals surface area (Å²) in [6, 6.07) is 0.129. The van der Waals surface area contributed by atoms with Crippen molar-refractivity contribution in [3.8, 4) is 12.3 Å². The van der Waals surface area contributed by atoms with Crippen LogP contribution in [-0.2, 0) is 9.59 Å². The largest absolute Gasteiger partial charge is 0.295 e. The van der Waals surface area contributed by atoms with Gasteiger partial charge >= 0.3 is 0 Å². The first kappa shape index (κ1) is 17.4. The first-order chi connectivity index (χ1) is 11.6. The normalized spacial score (nSPS) is 32.2. The molecule has 2 amide bonds. The van der Waals surface area contributed by atoms with Crippen LogP contribution in [0.3, 0.4) is 0 Å². The van der Waals surface area contributed by atoms with E-state index in [-0.39, 0.29) is 23.9 Å². The average molecular weight is 331 g/mol. The molecule has 0 aromatic carbocycles. The van der Waals surface area contributed by atoms with Gasteiger partial charge in [-0.15, -0.1) is 6.42 Å². The third-order valence-electron chi connectivity index (χ3n) is 6.17. The van der Waals surface area contributed by atoms with Gasteiger partial charge in [-0.3, -0.25) is 24.7 Å². The molecule has 0 saturated carbocycles. The van der Waals surface area contributed by atoms with Crippen LogP contribution in [0.5, 0.6) is 0 Å². The van der Waals surface area contributed by atoms with Crippen molar-refractivity contribution in [2.24, 2.45) is 11.8 Å². The van der Waals surface area contributed by atoms with Crippen molar-refractivity contribution in [1.82, 2.24) is 15.1 Å². The first-order valence-corrected chi connectivity index (χ1v) is 9.36.